The normalized spacial score (nSPS) is 10.5. The number of benzene rings is 2. The molecular weight excluding hydrogens is 358 g/mol. The van der Waals surface area contributed by atoms with Gasteiger partial charge in [-0.2, -0.15) is 5.10 Å². The van der Waals surface area contributed by atoms with Crippen molar-refractivity contribution in [2.75, 3.05) is 14.2 Å². The maximum atomic E-state index is 12.9. The van der Waals surface area contributed by atoms with Crippen LogP contribution in [0.2, 0.25) is 0 Å². The monoisotopic (exact) mass is 379 g/mol. The van der Waals surface area contributed by atoms with E-state index in [0.29, 0.717) is 5.75 Å². The highest BCUT2D eigenvalue weighted by atomic mass is 16.5. The molecule has 0 aliphatic heterocycles. The standard InChI is InChI=1S/C21H21N3O4/c1-4-19-20(25)23(13-15-5-9-17(27-2)10-6-15)21(26)24(22-19)14-16-7-11-18(28-3)12-8-16/h4-12H,1,13-14H2,2-3H3. The average molecular weight is 379 g/mol. The molecule has 0 aliphatic rings. The summed E-state index contributed by atoms with van der Waals surface area (Å²) in [5.74, 6) is 1.43. The number of nitrogens with zero attached hydrogens (tertiary/aromatic N) is 3. The van der Waals surface area contributed by atoms with Gasteiger partial charge in [0.2, 0.25) is 0 Å². The smallest absolute Gasteiger partial charge is 0.348 e. The molecule has 1 aromatic heterocycles. The first-order chi connectivity index (χ1) is 13.5. The van der Waals surface area contributed by atoms with Crippen LogP contribution < -0.4 is 20.7 Å². The summed E-state index contributed by atoms with van der Waals surface area (Å²) >= 11 is 0. The zero-order chi connectivity index (χ0) is 20.1. The van der Waals surface area contributed by atoms with E-state index in [1.165, 1.54) is 10.8 Å². The molecule has 0 bridgehead atoms. The van der Waals surface area contributed by atoms with E-state index < -0.39 is 11.2 Å². The molecule has 2 aromatic carbocycles. The summed E-state index contributed by atoms with van der Waals surface area (Å²) < 4.78 is 12.7. The van der Waals surface area contributed by atoms with Crippen LogP contribution in [0.1, 0.15) is 16.8 Å². The molecular formula is C21H21N3O4. The van der Waals surface area contributed by atoms with Gasteiger partial charge in [0.05, 0.1) is 27.3 Å². The van der Waals surface area contributed by atoms with Crippen LogP contribution in [0.15, 0.2) is 64.7 Å². The van der Waals surface area contributed by atoms with E-state index >= 15 is 0 Å². The van der Waals surface area contributed by atoms with Gasteiger partial charge in [-0.05, 0) is 41.5 Å². The van der Waals surface area contributed by atoms with Gasteiger partial charge in [-0.1, -0.05) is 30.8 Å². The van der Waals surface area contributed by atoms with Crippen molar-refractivity contribution in [2.24, 2.45) is 0 Å². The van der Waals surface area contributed by atoms with Crippen molar-refractivity contribution < 1.29 is 9.47 Å². The Morgan fingerprint density at radius 3 is 1.86 bits per heavy atom. The van der Waals surface area contributed by atoms with E-state index in [1.807, 2.05) is 36.4 Å². The summed E-state index contributed by atoms with van der Waals surface area (Å²) in [5.41, 5.74) is 0.836. The Kier molecular flexibility index (Phi) is 5.74. The topological polar surface area (TPSA) is 75.3 Å². The molecule has 0 saturated carbocycles. The van der Waals surface area contributed by atoms with Crippen molar-refractivity contribution in [3.63, 3.8) is 0 Å². The SMILES string of the molecule is C=Cc1nn(Cc2ccc(OC)cc2)c(=O)n(Cc2ccc(OC)cc2)c1=O. The minimum Gasteiger partial charge on any atom is -0.497 e. The van der Waals surface area contributed by atoms with Crippen molar-refractivity contribution in [1.29, 1.82) is 0 Å². The van der Waals surface area contributed by atoms with Gasteiger partial charge in [-0.15, -0.1) is 0 Å². The molecule has 144 valence electrons. The zero-order valence-corrected chi connectivity index (χ0v) is 15.8. The Labute approximate surface area is 162 Å². The minimum absolute atomic E-state index is 0.127. The molecule has 0 atom stereocenters. The van der Waals surface area contributed by atoms with Gasteiger partial charge in [-0.3, -0.25) is 9.36 Å². The Morgan fingerprint density at radius 2 is 1.39 bits per heavy atom. The molecule has 0 N–H and O–H groups in total. The quantitative estimate of drug-likeness (QED) is 0.629. The molecule has 0 radical (unpaired) electrons. The van der Waals surface area contributed by atoms with Crippen LogP contribution in [0.25, 0.3) is 6.08 Å². The highest BCUT2D eigenvalue weighted by molar-refractivity contribution is 5.39. The van der Waals surface area contributed by atoms with E-state index in [0.717, 1.165) is 21.4 Å². The van der Waals surface area contributed by atoms with Gasteiger partial charge >= 0.3 is 5.69 Å². The van der Waals surface area contributed by atoms with Gasteiger partial charge < -0.3 is 9.47 Å². The Balaban J connectivity index is 1.99. The summed E-state index contributed by atoms with van der Waals surface area (Å²) in [5, 5.41) is 4.16. The fraction of sp³-hybridized carbons (Fsp3) is 0.190. The third kappa shape index (κ3) is 4.03. The number of ether oxygens (including phenoxy) is 2. The largest absolute Gasteiger partial charge is 0.497 e. The Morgan fingerprint density at radius 1 is 0.893 bits per heavy atom. The molecule has 3 aromatic rings. The Hall–Kier alpha value is -3.61. The van der Waals surface area contributed by atoms with Crippen LogP contribution in [0, 0.1) is 0 Å². The average Bonchev–Trinajstić information content (AvgIpc) is 2.74. The Bertz CT molecular complexity index is 1080. The van der Waals surface area contributed by atoms with Crippen LogP contribution in [0.4, 0.5) is 0 Å². The predicted octanol–water partition coefficient (Wildman–Crippen LogP) is 2.16. The molecule has 7 nitrogen and oxygen atoms in total. The number of rotatable bonds is 7. The molecule has 0 amide bonds. The predicted molar refractivity (Wildman–Crippen MR) is 107 cm³/mol. The van der Waals surface area contributed by atoms with E-state index in [1.54, 1.807) is 26.4 Å². The third-order valence-corrected chi connectivity index (χ3v) is 4.33. The van der Waals surface area contributed by atoms with Gasteiger partial charge in [-0.25, -0.2) is 9.48 Å². The first kappa shape index (κ1) is 19.2. The number of hydrogen-bond donors (Lipinski definition) is 0. The second-order valence-electron chi connectivity index (χ2n) is 6.12. The second-order valence-corrected chi connectivity index (χ2v) is 6.12. The fourth-order valence-corrected chi connectivity index (χ4v) is 2.77. The van der Waals surface area contributed by atoms with E-state index in [2.05, 4.69) is 11.7 Å². The molecule has 0 unspecified atom stereocenters. The van der Waals surface area contributed by atoms with Crippen LogP contribution in [-0.4, -0.2) is 28.6 Å². The van der Waals surface area contributed by atoms with Crippen LogP contribution in [-0.2, 0) is 13.1 Å². The number of methoxy groups -OCH3 is 2. The number of aromatic nitrogens is 3. The first-order valence-electron chi connectivity index (χ1n) is 8.66. The van der Waals surface area contributed by atoms with E-state index in [9.17, 15) is 9.59 Å². The van der Waals surface area contributed by atoms with E-state index in [4.69, 9.17) is 9.47 Å². The summed E-state index contributed by atoms with van der Waals surface area (Å²) in [6.07, 6.45) is 1.36. The molecule has 1 heterocycles. The molecule has 7 heteroatoms. The third-order valence-electron chi connectivity index (χ3n) is 4.33. The summed E-state index contributed by atoms with van der Waals surface area (Å²) in [6, 6.07) is 14.5. The van der Waals surface area contributed by atoms with Crippen molar-refractivity contribution in [3.8, 4) is 11.5 Å². The van der Waals surface area contributed by atoms with Crippen molar-refractivity contribution in [3.05, 3.63) is 92.8 Å². The summed E-state index contributed by atoms with van der Waals surface area (Å²) in [4.78, 5) is 25.5. The molecule has 0 fully saturated rings. The highest BCUT2D eigenvalue weighted by Crippen LogP contribution is 2.12. The van der Waals surface area contributed by atoms with E-state index in [-0.39, 0.29) is 18.8 Å². The lowest BCUT2D eigenvalue weighted by molar-refractivity contribution is 0.414. The molecule has 0 aliphatic carbocycles. The van der Waals surface area contributed by atoms with Crippen molar-refractivity contribution in [1.82, 2.24) is 14.3 Å². The maximum Gasteiger partial charge on any atom is 0.348 e. The maximum absolute atomic E-state index is 12.9. The van der Waals surface area contributed by atoms with Crippen molar-refractivity contribution >= 4 is 6.08 Å². The number of hydrogen-bond acceptors (Lipinski definition) is 5. The molecule has 0 spiro atoms. The molecule has 0 saturated heterocycles. The second kappa shape index (κ2) is 8.39. The minimum atomic E-state index is -0.484. The molecule has 28 heavy (non-hydrogen) atoms. The van der Waals surface area contributed by atoms with Crippen LogP contribution >= 0.6 is 0 Å². The van der Waals surface area contributed by atoms with Gasteiger partial charge in [0, 0.05) is 0 Å². The van der Waals surface area contributed by atoms with Crippen molar-refractivity contribution in [2.45, 2.75) is 13.1 Å². The lowest BCUT2D eigenvalue weighted by Gasteiger charge is -2.11. The van der Waals surface area contributed by atoms with Gasteiger partial charge in [0.25, 0.3) is 5.56 Å². The fourth-order valence-electron chi connectivity index (χ4n) is 2.77. The van der Waals surface area contributed by atoms with Gasteiger partial charge in [0.1, 0.15) is 17.2 Å². The zero-order valence-electron chi connectivity index (χ0n) is 15.8. The molecule has 3 rings (SSSR count). The summed E-state index contributed by atoms with van der Waals surface area (Å²) in [6.45, 7) is 4.00. The van der Waals surface area contributed by atoms with Crippen LogP contribution in [0.5, 0.6) is 11.5 Å². The lowest BCUT2D eigenvalue weighted by atomic mass is 10.2. The van der Waals surface area contributed by atoms with Gasteiger partial charge in [0.15, 0.2) is 0 Å². The first-order valence-corrected chi connectivity index (χ1v) is 8.66. The summed E-state index contributed by atoms with van der Waals surface area (Å²) in [7, 11) is 3.17. The lowest BCUT2D eigenvalue weighted by Crippen LogP contribution is -2.43. The van der Waals surface area contributed by atoms with Crippen LogP contribution in [0.3, 0.4) is 0 Å². The highest BCUT2D eigenvalue weighted by Gasteiger charge is 2.12.